The molecule has 4 rings (SSSR count). The molecule has 0 radical (unpaired) electrons. The molecule has 4 nitrogen and oxygen atoms in total. The van der Waals surface area contributed by atoms with Crippen molar-refractivity contribution in [3.8, 4) is 0 Å². The van der Waals surface area contributed by atoms with E-state index in [0.29, 0.717) is 0 Å². The number of Topliss-reactive ketones (excluding diaryl/α,β-unsaturated/α-hetero) is 1. The fraction of sp³-hybridized carbons (Fsp3) is 0.409. The molecule has 2 aromatic rings. The summed E-state index contributed by atoms with van der Waals surface area (Å²) in [6.07, 6.45) is 2.70. The Kier molecular flexibility index (Phi) is 5.53. The molecule has 2 heterocycles. The molecule has 5 heteroatoms. The van der Waals surface area contributed by atoms with Gasteiger partial charge in [-0.25, -0.2) is 0 Å². The standard InChI is InChI=1S/C22H26N2O2S/c1-16(25)17-7-8-22-20(15-17)24(19-5-2-3-6-21(19)27-22)12-4-11-23-13-9-18(26)10-14-23/h2-3,5-8,15,18,26H,4,9-14H2,1H3. The molecule has 1 N–H and O–H groups in total. The second kappa shape index (κ2) is 8.05. The maximum absolute atomic E-state index is 11.9. The largest absolute Gasteiger partial charge is 0.393 e. The molecule has 0 unspecified atom stereocenters. The number of anilines is 2. The Morgan fingerprint density at radius 3 is 2.59 bits per heavy atom. The molecule has 142 valence electrons. The van der Waals surface area contributed by atoms with Crippen molar-refractivity contribution >= 4 is 28.9 Å². The quantitative estimate of drug-likeness (QED) is 0.780. The fourth-order valence-electron chi connectivity index (χ4n) is 3.88. The highest BCUT2D eigenvalue weighted by atomic mass is 32.2. The molecule has 1 fully saturated rings. The first kappa shape index (κ1) is 18.5. The van der Waals surface area contributed by atoms with Crippen molar-refractivity contribution in [3.05, 3.63) is 48.0 Å². The highest BCUT2D eigenvalue weighted by Gasteiger charge is 2.24. The van der Waals surface area contributed by atoms with Gasteiger partial charge >= 0.3 is 0 Å². The van der Waals surface area contributed by atoms with E-state index in [1.165, 1.54) is 15.5 Å². The van der Waals surface area contributed by atoms with E-state index in [-0.39, 0.29) is 11.9 Å². The number of benzene rings is 2. The minimum Gasteiger partial charge on any atom is -0.393 e. The maximum atomic E-state index is 11.9. The average molecular weight is 383 g/mol. The molecule has 0 bridgehead atoms. The zero-order chi connectivity index (χ0) is 18.8. The monoisotopic (exact) mass is 382 g/mol. The lowest BCUT2D eigenvalue weighted by Crippen LogP contribution is -2.37. The highest BCUT2D eigenvalue weighted by Crippen LogP contribution is 2.48. The summed E-state index contributed by atoms with van der Waals surface area (Å²) in [7, 11) is 0. The number of hydrogen-bond acceptors (Lipinski definition) is 5. The fourth-order valence-corrected chi connectivity index (χ4v) is 4.96. The summed E-state index contributed by atoms with van der Waals surface area (Å²) >= 11 is 1.78. The minimum absolute atomic E-state index is 0.105. The van der Waals surface area contributed by atoms with Gasteiger partial charge in [0.15, 0.2) is 5.78 Å². The van der Waals surface area contributed by atoms with E-state index in [1.807, 2.05) is 12.1 Å². The number of nitrogens with zero attached hydrogens (tertiary/aromatic N) is 2. The van der Waals surface area contributed by atoms with Crippen LogP contribution < -0.4 is 4.90 Å². The van der Waals surface area contributed by atoms with E-state index in [2.05, 4.69) is 40.1 Å². The van der Waals surface area contributed by atoms with Crippen molar-refractivity contribution in [3.63, 3.8) is 0 Å². The van der Waals surface area contributed by atoms with Gasteiger partial charge < -0.3 is 14.9 Å². The van der Waals surface area contributed by atoms with Gasteiger partial charge in [0.1, 0.15) is 0 Å². The SMILES string of the molecule is CC(=O)c1ccc2c(c1)N(CCCN1CCC(O)CC1)c1ccccc1S2. The molecule has 2 aromatic carbocycles. The first-order valence-corrected chi connectivity index (χ1v) is 10.5. The van der Waals surface area contributed by atoms with E-state index < -0.39 is 0 Å². The van der Waals surface area contributed by atoms with Crippen molar-refractivity contribution in [2.75, 3.05) is 31.1 Å². The predicted molar refractivity (Wildman–Crippen MR) is 110 cm³/mol. The summed E-state index contributed by atoms with van der Waals surface area (Å²) in [5.41, 5.74) is 3.13. The summed E-state index contributed by atoms with van der Waals surface area (Å²) in [6, 6.07) is 14.5. The van der Waals surface area contributed by atoms with Crippen LogP contribution in [0.1, 0.15) is 36.5 Å². The Morgan fingerprint density at radius 1 is 1.07 bits per heavy atom. The van der Waals surface area contributed by atoms with Crippen LogP contribution in [-0.2, 0) is 0 Å². The van der Waals surface area contributed by atoms with Gasteiger partial charge in [-0.1, -0.05) is 30.0 Å². The number of para-hydroxylation sites is 1. The van der Waals surface area contributed by atoms with Gasteiger partial charge in [-0.05, 0) is 57.0 Å². The van der Waals surface area contributed by atoms with Crippen molar-refractivity contribution < 1.29 is 9.90 Å². The van der Waals surface area contributed by atoms with Crippen LogP contribution in [0.25, 0.3) is 0 Å². The van der Waals surface area contributed by atoms with Gasteiger partial charge in [-0.2, -0.15) is 0 Å². The number of piperidine rings is 1. The third-order valence-corrected chi connectivity index (χ3v) is 6.58. The molecule has 2 aliphatic heterocycles. The van der Waals surface area contributed by atoms with E-state index in [4.69, 9.17) is 0 Å². The number of aliphatic hydroxyl groups is 1. The van der Waals surface area contributed by atoms with Crippen LogP contribution in [0.3, 0.4) is 0 Å². The number of hydrogen-bond donors (Lipinski definition) is 1. The second-order valence-electron chi connectivity index (χ2n) is 7.39. The molecular weight excluding hydrogens is 356 g/mol. The molecule has 0 atom stereocenters. The van der Waals surface area contributed by atoms with Gasteiger partial charge in [0.25, 0.3) is 0 Å². The number of carbonyl (C=O) groups excluding carboxylic acids is 1. The van der Waals surface area contributed by atoms with Crippen LogP contribution >= 0.6 is 11.8 Å². The van der Waals surface area contributed by atoms with Crippen molar-refractivity contribution in [1.29, 1.82) is 0 Å². The summed E-state index contributed by atoms with van der Waals surface area (Å²) < 4.78 is 0. The average Bonchev–Trinajstić information content (AvgIpc) is 2.68. The lowest BCUT2D eigenvalue weighted by Gasteiger charge is -2.34. The van der Waals surface area contributed by atoms with Crippen LogP contribution in [0.5, 0.6) is 0 Å². The molecule has 0 amide bonds. The maximum Gasteiger partial charge on any atom is 0.159 e. The summed E-state index contributed by atoms with van der Waals surface area (Å²) in [5.74, 6) is 0.105. The van der Waals surface area contributed by atoms with Gasteiger partial charge in [0, 0.05) is 35.0 Å². The molecule has 27 heavy (non-hydrogen) atoms. The van der Waals surface area contributed by atoms with Gasteiger partial charge in [-0.15, -0.1) is 0 Å². The highest BCUT2D eigenvalue weighted by molar-refractivity contribution is 7.99. The van der Waals surface area contributed by atoms with Crippen LogP contribution in [-0.4, -0.2) is 48.1 Å². The lowest BCUT2D eigenvalue weighted by atomic mass is 10.1. The van der Waals surface area contributed by atoms with Gasteiger partial charge in [-0.3, -0.25) is 4.79 Å². The van der Waals surface area contributed by atoms with Crippen LogP contribution in [0.4, 0.5) is 11.4 Å². The Morgan fingerprint density at radius 2 is 1.81 bits per heavy atom. The molecular formula is C22H26N2O2S. The number of ketones is 1. The summed E-state index contributed by atoms with van der Waals surface area (Å²) in [6.45, 7) is 5.56. The molecule has 1 saturated heterocycles. The normalized spacial score (nSPS) is 17.5. The van der Waals surface area contributed by atoms with E-state index in [1.54, 1.807) is 18.7 Å². The van der Waals surface area contributed by atoms with E-state index >= 15 is 0 Å². The third kappa shape index (κ3) is 4.05. The van der Waals surface area contributed by atoms with Crippen LogP contribution in [0.15, 0.2) is 52.3 Å². The topological polar surface area (TPSA) is 43.8 Å². The number of rotatable bonds is 5. The van der Waals surface area contributed by atoms with Crippen molar-refractivity contribution in [2.24, 2.45) is 0 Å². The smallest absolute Gasteiger partial charge is 0.159 e. The first-order valence-electron chi connectivity index (χ1n) is 9.71. The number of fused-ring (bicyclic) bond motifs is 2. The zero-order valence-electron chi connectivity index (χ0n) is 15.7. The zero-order valence-corrected chi connectivity index (χ0v) is 16.5. The molecule has 0 aliphatic carbocycles. The van der Waals surface area contributed by atoms with Crippen LogP contribution in [0.2, 0.25) is 0 Å². The van der Waals surface area contributed by atoms with Crippen LogP contribution in [0, 0.1) is 0 Å². The number of likely N-dealkylation sites (tertiary alicyclic amines) is 1. The van der Waals surface area contributed by atoms with Crippen molar-refractivity contribution in [1.82, 2.24) is 4.90 Å². The van der Waals surface area contributed by atoms with Gasteiger partial charge in [0.05, 0.1) is 17.5 Å². The minimum atomic E-state index is -0.121. The number of aliphatic hydroxyl groups excluding tert-OH is 1. The molecule has 2 aliphatic rings. The Balaban J connectivity index is 1.53. The first-order chi connectivity index (χ1) is 13.1. The number of carbonyl (C=O) groups is 1. The van der Waals surface area contributed by atoms with Gasteiger partial charge in [0.2, 0.25) is 0 Å². The van der Waals surface area contributed by atoms with E-state index in [0.717, 1.165) is 56.7 Å². The summed E-state index contributed by atoms with van der Waals surface area (Å²) in [5, 5.41) is 9.68. The molecule has 0 spiro atoms. The second-order valence-corrected chi connectivity index (χ2v) is 8.47. The van der Waals surface area contributed by atoms with E-state index in [9.17, 15) is 9.90 Å². The molecule has 0 saturated carbocycles. The van der Waals surface area contributed by atoms with Crippen molar-refractivity contribution in [2.45, 2.75) is 42.1 Å². The predicted octanol–water partition coefficient (Wildman–Crippen LogP) is 4.34. The third-order valence-electron chi connectivity index (χ3n) is 5.45. The molecule has 0 aromatic heterocycles. The Labute approximate surface area is 165 Å². The summed E-state index contributed by atoms with van der Waals surface area (Å²) in [4.78, 5) is 19.2. The Hall–Kier alpha value is -1.82. The lowest BCUT2D eigenvalue weighted by molar-refractivity contribution is 0.0824. The Bertz CT molecular complexity index is 831.